The van der Waals surface area contributed by atoms with Crippen LogP contribution >= 0.6 is 11.3 Å². The molecule has 0 aromatic carbocycles. The van der Waals surface area contributed by atoms with E-state index < -0.39 is 0 Å². The molecule has 2 nitrogen and oxygen atoms in total. The number of hydrogen-bond acceptors (Lipinski definition) is 3. The molecule has 0 saturated heterocycles. The zero-order chi connectivity index (χ0) is 13.8. The van der Waals surface area contributed by atoms with Gasteiger partial charge in [-0.3, -0.25) is 0 Å². The minimum absolute atomic E-state index is 0.150. The average molecular weight is 268 g/mol. The Labute approximate surface area is 116 Å². The molecule has 1 rings (SSSR count). The summed E-state index contributed by atoms with van der Waals surface area (Å²) >= 11 is 1.89. The predicted molar refractivity (Wildman–Crippen MR) is 81.4 cm³/mol. The number of thiazole rings is 1. The molecule has 0 unspecified atom stereocenters. The lowest BCUT2D eigenvalue weighted by molar-refractivity contribution is 0.534. The molecule has 0 amide bonds. The number of aromatic nitrogens is 1. The van der Waals surface area contributed by atoms with Crippen LogP contribution in [0.1, 0.15) is 63.5 Å². The fourth-order valence-electron chi connectivity index (χ4n) is 1.90. The first-order valence-corrected chi connectivity index (χ1v) is 7.86. The molecule has 0 atom stereocenters. The predicted octanol–water partition coefficient (Wildman–Crippen LogP) is 4.14. The highest BCUT2D eigenvalue weighted by Gasteiger charge is 2.22. The van der Waals surface area contributed by atoms with Gasteiger partial charge in [-0.2, -0.15) is 0 Å². The van der Waals surface area contributed by atoms with Crippen molar-refractivity contribution in [3.63, 3.8) is 0 Å². The van der Waals surface area contributed by atoms with Crippen molar-refractivity contribution in [2.24, 2.45) is 5.92 Å². The first-order valence-electron chi connectivity index (χ1n) is 7.04. The third-order valence-corrected chi connectivity index (χ3v) is 3.87. The van der Waals surface area contributed by atoms with Crippen LogP contribution in [-0.4, -0.2) is 11.5 Å². The highest BCUT2D eigenvalue weighted by atomic mass is 32.1. The lowest BCUT2D eigenvalue weighted by Crippen LogP contribution is -2.21. The molecule has 104 valence electrons. The Kier molecular flexibility index (Phi) is 5.80. The van der Waals surface area contributed by atoms with E-state index in [0.717, 1.165) is 19.5 Å². The van der Waals surface area contributed by atoms with Gasteiger partial charge in [-0.1, -0.05) is 41.5 Å². The minimum atomic E-state index is 0.150. The second kappa shape index (κ2) is 6.67. The van der Waals surface area contributed by atoms with E-state index in [1.807, 2.05) is 11.3 Å². The minimum Gasteiger partial charge on any atom is -0.312 e. The Hall–Kier alpha value is -0.410. The summed E-state index contributed by atoms with van der Waals surface area (Å²) < 4.78 is 0. The number of nitrogens with zero attached hydrogens (tertiary/aromatic N) is 1. The van der Waals surface area contributed by atoms with Crippen molar-refractivity contribution in [3.8, 4) is 0 Å². The summed E-state index contributed by atoms with van der Waals surface area (Å²) in [5.74, 6) is 0.700. The number of rotatable bonds is 6. The quantitative estimate of drug-likeness (QED) is 0.839. The normalized spacial score (nSPS) is 12.4. The SMILES string of the molecule is CCCc1nc(C(C)(C)C)c(CNCC(C)C)s1. The standard InChI is InChI=1S/C15H28N2S/c1-7-8-13-17-14(15(4,5)6)12(18-13)10-16-9-11(2)3/h11,16H,7-10H2,1-6H3. The largest absolute Gasteiger partial charge is 0.312 e. The van der Waals surface area contributed by atoms with E-state index in [4.69, 9.17) is 4.98 Å². The molecule has 0 saturated carbocycles. The molecular formula is C15H28N2S. The van der Waals surface area contributed by atoms with Crippen molar-refractivity contribution in [2.75, 3.05) is 6.54 Å². The molecule has 1 aromatic rings. The molecular weight excluding hydrogens is 240 g/mol. The Morgan fingerprint density at radius 2 is 1.94 bits per heavy atom. The summed E-state index contributed by atoms with van der Waals surface area (Å²) in [7, 11) is 0. The van der Waals surface area contributed by atoms with Crippen molar-refractivity contribution >= 4 is 11.3 Å². The zero-order valence-corrected chi connectivity index (χ0v) is 13.6. The average Bonchev–Trinajstić information content (AvgIpc) is 2.61. The second-order valence-electron chi connectivity index (χ2n) is 6.40. The van der Waals surface area contributed by atoms with E-state index in [1.165, 1.54) is 22.0 Å². The summed E-state index contributed by atoms with van der Waals surface area (Å²) in [5, 5.41) is 4.83. The molecule has 0 radical (unpaired) electrons. The van der Waals surface area contributed by atoms with Crippen LogP contribution in [0.4, 0.5) is 0 Å². The van der Waals surface area contributed by atoms with Gasteiger partial charge in [-0.25, -0.2) is 4.98 Å². The van der Waals surface area contributed by atoms with Gasteiger partial charge in [0.1, 0.15) is 0 Å². The monoisotopic (exact) mass is 268 g/mol. The van der Waals surface area contributed by atoms with Crippen molar-refractivity contribution in [1.29, 1.82) is 0 Å². The van der Waals surface area contributed by atoms with E-state index in [-0.39, 0.29) is 5.41 Å². The van der Waals surface area contributed by atoms with Crippen LogP contribution in [0.2, 0.25) is 0 Å². The van der Waals surface area contributed by atoms with Gasteiger partial charge < -0.3 is 5.32 Å². The number of hydrogen-bond donors (Lipinski definition) is 1. The molecule has 0 aliphatic carbocycles. The summed E-state index contributed by atoms with van der Waals surface area (Å²) in [6, 6.07) is 0. The summed E-state index contributed by atoms with van der Waals surface area (Å²) in [6.45, 7) is 15.5. The van der Waals surface area contributed by atoms with E-state index in [9.17, 15) is 0 Å². The molecule has 1 heterocycles. The van der Waals surface area contributed by atoms with Crippen LogP contribution in [0.25, 0.3) is 0 Å². The van der Waals surface area contributed by atoms with Crippen LogP contribution in [0.5, 0.6) is 0 Å². The van der Waals surface area contributed by atoms with Crippen molar-refractivity contribution < 1.29 is 0 Å². The summed E-state index contributed by atoms with van der Waals surface area (Å²) in [6.07, 6.45) is 2.29. The maximum absolute atomic E-state index is 4.85. The van der Waals surface area contributed by atoms with Crippen LogP contribution in [-0.2, 0) is 18.4 Å². The van der Waals surface area contributed by atoms with Gasteiger partial charge in [0.2, 0.25) is 0 Å². The molecule has 0 fully saturated rings. The molecule has 0 aliphatic heterocycles. The molecule has 3 heteroatoms. The molecule has 0 spiro atoms. The van der Waals surface area contributed by atoms with E-state index in [1.54, 1.807) is 0 Å². The number of nitrogens with one attached hydrogen (secondary N) is 1. The lowest BCUT2D eigenvalue weighted by atomic mass is 9.91. The maximum atomic E-state index is 4.85. The van der Waals surface area contributed by atoms with Crippen LogP contribution < -0.4 is 5.32 Å². The molecule has 18 heavy (non-hydrogen) atoms. The van der Waals surface area contributed by atoms with Crippen molar-refractivity contribution in [2.45, 2.75) is 66.3 Å². The third kappa shape index (κ3) is 4.69. The summed E-state index contributed by atoms with van der Waals surface area (Å²) in [5.41, 5.74) is 1.43. The fourth-order valence-corrected chi connectivity index (χ4v) is 3.25. The Balaban J connectivity index is 2.80. The molecule has 1 N–H and O–H groups in total. The van der Waals surface area contributed by atoms with Gasteiger partial charge in [0.15, 0.2) is 0 Å². The highest BCUT2D eigenvalue weighted by molar-refractivity contribution is 7.11. The first kappa shape index (κ1) is 15.6. The molecule has 0 bridgehead atoms. The number of aryl methyl sites for hydroxylation is 1. The van der Waals surface area contributed by atoms with E-state index >= 15 is 0 Å². The van der Waals surface area contributed by atoms with Crippen LogP contribution in [0.3, 0.4) is 0 Å². The lowest BCUT2D eigenvalue weighted by Gasteiger charge is -2.18. The zero-order valence-electron chi connectivity index (χ0n) is 12.8. The van der Waals surface area contributed by atoms with Crippen molar-refractivity contribution in [3.05, 3.63) is 15.6 Å². The van der Waals surface area contributed by atoms with Gasteiger partial charge in [0.25, 0.3) is 0 Å². The second-order valence-corrected chi connectivity index (χ2v) is 7.57. The topological polar surface area (TPSA) is 24.9 Å². The van der Waals surface area contributed by atoms with Crippen LogP contribution in [0.15, 0.2) is 0 Å². The smallest absolute Gasteiger partial charge is 0.0931 e. The van der Waals surface area contributed by atoms with Gasteiger partial charge >= 0.3 is 0 Å². The first-order chi connectivity index (χ1) is 8.34. The highest BCUT2D eigenvalue weighted by Crippen LogP contribution is 2.30. The Morgan fingerprint density at radius 1 is 1.28 bits per heavy atom. The fraction of sp³-hybridized carbons (Fsp3) is 0.800. The van der Waals surface area contributed by atoms with Gasteiger partial charge in [-0.05, 0) is 25.3 Å². The van der Waals surface area contributed by atoms with E-state index in [2.05, 4.69) is 46.9 Å². The van der Waals surface area contributed by atoms with E-state index in [0.29, 0.717) is 5.92 Å². The van der Waals surface area contributed by atoms with Crippen LogP contribution in [0, 0.1) is 5.92 Å². The van der Waals surface area contributed by atoms with Gasteiger partial charge in [0, 0.05) is 16.8 Å². The third-order valence-electron chi connectivity index (χ3n) is 2.75. The summed E-state index contributed by atoms with van der Waals surface area (Å²) in [4.78, 5) is 6.27. The molecule has 0 aliphatic rings. The van der Waals surface area contributed by atoms with Gasteiger partial charge in [-0.15, -0.1) is 11.3 Å². The maximum Gasteiger partial charge on any atom is 0.0931 e. The van der Waals surface area contributed by atoms with Gasteiger partial charge in [0.05, 0.1) is 10.7 Å². The Bertz CT molecular complexity index is 361. The van der Waals surface area contributed by atoms with Crippen molar-refractivity contribution in [1.82, 2.24) is 10.3 Å². The Morgan fingerprint density at radius 3 is 2.44 bits per heavy atom. The molecule has 1 aromatic heterocycles.